The molecule has 2 unspecified atom stereocenters. The molecule has 10 rings (SSSR count). The van der Waals surface area contributed by atoms with Gasteiger partial charge in [-0.15, -0.1) is 24.6 Å². The third kappa shape index (κ3) is 39.1. The number of thioether (sulfide) groups is 1. The first kappa shape index (κ1) is 106. The van der Waals surface area contributed by atoms with E-state index in [4.69, 9.17) is 36.0 Å². The van der Waals surface area contributed by atoms with Crippen molar-refractivity contribution in [2.75, 3.05) is 18.8 Å². The molecule has 2 atom stereocenters. The van der Waals surface area contributed by atoms with E-state index in [1.165, 1.54) is 28.4 Å². The molecule has 3 aliphatic heterocycles. The average molecular weight is 1720 g/mol. The maximum Gasteiger partial charge on any atom is 0.177 e. The largest absolute Gasteiger partial charge is 0.346 e. The Morgan fingerprint density at radius 2 is 0.894 bits per heavy atom. The number of nitrogens with zero attached hydrogens (tertiary/aromatic N) is 10. The van der Waals surface area contributed by atoms with Crippen LogP contribution in [0.15, 0.2) is 85.9 Å². The highest BCUT2D eigenvalue weighted by molar-refractivity contribution is 9.10. The topological polar surface area (TPSA) is 272 Å². The number of aryl methyl sites for hydroxylation is 3. The van der Waals surface area contributed by atoms with Crippen LogP contribution in [0.4, 0.5) is 0 Å². The van der Waals surface area contributed by atoms with Gasteiger partial charge in [0.05, 0.1) is 45.6 Å². The van der Waals surface area contributed by atoms with Crippen molar-refractivity contribution in [3.63, 3.8) is 0 Å². The van der Waals surface area contributed by atoms with Crippen LogP contribution >= 0.6 is 61.4 Å². The second-order valence-corrected chi connectivity index (χ2v) is 44.7. The average Bonchev–Trinajstić information content (AvgIpc) is 1.71. The number of Topliss-reactive ketones (excluding diaryl/α,β-unsaturated/α-hetero) is 1. The van der Waals surface area contributed by atoms with Crippen molar-refractivity contribution in [2.24, 2.45) is 31.2 Å². The van der Waals surface area contributed by atoms with Gasteiger partial charge in [-0.25, -0.2) is 39.9 Å². The molecule has 0 fully saturated rings. The van der Waals surface area contributed by atoms with E-state index in [0.29, 0.717) is 22.4 Å². The summed E-state index contributed by atoms with van der Waals surface area (Å²) < 4.78 is 12.5. The van der Waals surface area contributed by atoms with E-state index >= 15 is 0 Å². The number of aromatic nitrogens is 14. The van der Waals surface area contributed by atoms with Gasteiger partial charge >= 0.3 is 0 Å². The van der Waals surface area contributed by atoms with Crippen molar-refractivity contribution in [2.45, 2.75) is 300 Å². The zero-order valence-electron chi connectivity index (χ0n) is 75.0. The highest BCUT2D eigenvalue weighted by atomic mass is 79.9. The molecule has 7 aromatic heterocycles. The summed E-state index contributed by atoms with van der Waals surface area (Å²) in [6.45, 7) is 71.0. The number of hydrogen-bond acceptors (Lipinski definition) is 13. The summed E-state index contributed by atoms with van der Waals surface area (Å²) in [7, 11) is -2.00. The lowest BCUT2D eigenvalue weighted by atomic mass is 9.92. The number of aromatic amines is 7. The fourth-order valence-corrected chi connectivity index (χ4v) is 11.2. The fraction of sp³-hybridized carbons (Fsp3) is 0.580. The van der Waals surface area contributed by atoms with Crippen molar-refractivity contribution in [3.8, 4) is 24.7 Å². The van der Waals surface area contributed by atoms with Crippen LogP contribution < -0.4 is 0 Å². The van der Waals surface area contributed by atoms with E-state index in [9.17, 15) is 9.00 Å². The summed E-state index contributed by atoms with van der Waals surface area (Å²) in [6, 6.07) is 0. The Balaban J connectivity index is 0.00000123. The smallest absolute Gasteiger partial charge is 0.177 e. The van der Waals surface area contributed by atoms with Gasteiger partial charge in [-0.1, -0.05) is 268 Å². The zero-order chi connectivity index (χ0) is 87.3. The van der Waals surface area contributed by atoms with Crippen LogP contribution in [0, 0.1) is 61.7 Å². The maximum absolute atomic E-state index is 11.6. The van der Waals surface area contributed by atoms with E-state index < -0.39 is 9.52 Å². The van der Waals surface area contributed by atoms with E-state index in [1.807, 2.05) is 33.0 Å². The van der Waals surface area contributed by atoms with Crippen molar-refractivity contribution < 1.29 is 9.00 Å². The third-order valence-electron chi connectivity index (χ3n) is 15.9. The van der Waals surface area contributed by atoms with Gasteiger partial charge in [-0.05, 0) is 61.0 Å². The van der Waals surface area contributed by atoms with Gasteiger partial charge in [0.25, 0.3) is 0 Å². The molecule has 0 aromatic carbocycles. The van der Waals surface area contributed by atoms with Crippen LogP contribution in [0.5, 0.6) is 0 Å². The summed E-state index contributed by atoms with van der Waals surface area (Å²) in [6.07, 6.45) is 34.1. The monoisotopic (exact) mass is 1710 g/mol. The third-order valence-corrected chi connectivity index (χ3v) is 19.9. The number of H-pyrrole nitrogens is 7. The van der Waals surface area contributed by atoms with Gasteiger partial charge < -0.3 is 34.9 Å². The van der Waals surface area contributed by atoms with Crippen LogP contribution in [-0.4, -0.2) is 125 Å². The second kappa shape index (κ2) is 43.4. The Labute approximate surface area is 707 Å². The Morgan fingerprint density at radius 1 is 0.504 bits per heavy atom. The quantitative estimate of drug-likeness (QED) is 0.0464. The summed E-state index contributed by atoms with van der Waals surface area (Å²) in [5.41, 5.74) is 9.50. The molecular formula is C88H142BrCl2N17O2S3. The van der Waals surface area contributed by atoms with Crippen LogP contribution in [0.1, 0.15) is 321 Å². The van der Waals surface area contributed by atoms with E-state index in [0.717, 1.165) is 97.4 Å². The number of nitrogens with one attached hydrogen (secondary N) is 7. The molecule has 10 heterocycles. The number of allylic oxidation sites excluding steroid dienone is 6. The first-order valence-corrected chi connectivity index (χ1v) is 44.1. The van der Waals surface area contributed by atoms with Gasteiger partial charge in [0.15, 0.2) is 5.78 Å². The lowest BCUT2D eigenvalue weighted by molar-refractivity contribution is 0.101. The molecule has 0 amide bonds. The lowest BCUT2D eigenvalue weighted by Crippen LogP contribution is -2.13. The predicted molar refractivity (Wildman–Crippen MR) is 500 cm³/mol. The summed E-state index contributed by atoms with van der Waals surface area (Å²) in [5, 5.41) is 4.41. The van der Waals surface area contributed by atoms with Gasteiger partial charge in [-0.3, -0.25) is 19.0 Å². The first-order valence-electron chi connectivity index (χ1n) is 37.4. The number of terminal acetylenes is 2. The van der Waals surface area contributed by atoms with Gasteiger partial charge in [-0.2, -0.15) is 10.5 Å². The molecule has 0 aliphatic carbocycles. The molecule has 7 aromatic rings. The number of imidazole rings is 7. The summed E-state index contributed by atoms with van der Waals surface area (Å²) in [4.78, 5) is 75.4. The number of carbonyl (C=O) groups is 1. The number of carbonyl (C=O) groups excluding carboxylic acids is 1. The normalized spacial score (nSPS) is 14.4. The molecule has 0 saturated carbocycles. The summed E-state index contributed by atoms with van der Waals surface area (Å²) in [5.74, 6) is 19.4. The number of aliphatic imine (C=N–C) groups is 3. The van der Waals surface area contributed by atoms with Crippen molar-refractivity contribution in [1.82, 2.24) is 69.8 Å². The molecule has 630 valence electrons. The maximum atomic E-state index is 11.6. The minimum Gasteiger partial charge on any atom is -0.346 e. The highest BCUT2D eigenvalue weighted by Crippen LogP contribution is 2.35. The molecule has 25 heteroatoms. The van der Waals surface area contributed by atoms with E-state index in [-0.39, 0.29) is 77.8 Å². The van der Waals surface area contributed by atoms with Crippen LogP contribution in [0.2, 0.25) is 10.3 Å². The van der Waals surface area contributed by atoms with Gasteiger partial charge in [0.2, 0.25) is 0 Å². The van der Waals surface area contributed by atoms with E-state index in [1.54, 1.807) is 42.8 Å². The van der Waals surface area contributed by atoms with Crippen LogP contribution in [0.3, 0.4) is 0 Å². The van der Waals surface area contributed by atoms with Crippen LogP contribution in [-0.2, 0) is 47.4 Å². The predicted octanol–water partition coefficient (Wildman–Crippen LogP) is 23.9. The number of ketones is 1. The SMILES string of the molecule is C.C#Cc1cnc(C(C)(C)C)[nH]1.C#Cc1nc(C(C)(C)C)[nH]c1C.C=S(C)(=O)C1=NC(C(C)(C)C)=CC1.C=S(C)C1=NC(C(C)(C)C)=CC1.CC(=O)c1cnc(C(C)(C)C)[nH]1.CC(C)(C)c1ncc(Br)[nH]1.CC(C)(C)c1ncc(Cl)[nH]1.CSC1=NC(C(C)(C)C)=CC1.Cc1[nH]c(C(C)(C)C)nc1Cl.Cc1cnc(C(C)(C)C)[nH]1. The van der Waals surface area contributed by atoms with Crippen molar-refractivity contribution in [1.29, 1.82) is 0 Å². The van der Waals surface area contributed by atoms with Crippen molar-refractivity contribution >= 4 is 104 Å². The molecule has 19 nitrogen and oxygen atoms in total. The lowest BCUT2D eigenvalue weighted by Gasteiger charge is -2.16. The Morgan fingerprint density at radius 3 is 1.12 bits per heavy atom. The van der Waals surface area contributed by atoms with Crippen molar-refractivity contribution in [3.05, 3.63) is 156 Å². The minimum atomic E-state index is -2.10. The molecule has 7 N–H and O–H groups in total. The number of halogens is 3. The Kier molecular flexibility index (Phi) is 40.7. The first-order chi connectivity index (χ1) is 50.5. The molecule has 0 bridgehead atoms. The van der Waals surface area contributed by atoms with Crippen LogP contribution in [0.25, 0.3) is 0 Å². The Hall–Kier alpha value is -6.86. The number of rotatable bonds is 1. The second-order valence-electron chi connectivity index (χ2n) is 38.0. The zero-order valence-corrected chi connectivity index (χ0v) is 80.5. The van der Waals surface area contributed by atoms with Gasteiger partial charge in [0, 0.05) is 131 Å². The molecular weight excluding hydrogens is 1570 g/mol. The Bertz CT molecular complexity index is 4460. The molecule has 113 heavy (non-hydrogen) atoms. The highest BCUT2D eigenvalue weighted by Gasteiger charge is 2.27. The fourth-order valence-electron chi connectivity index (χ4n) is 8.83. The molecule has 0 saturated heterocycles. The molecule has 0 radical (unpaired) electrons. The number of hydrogen-bond donors (Lipinski definition) is 7. The summed E-state index contributed by atoms with van der Waals surface area (Å²) >= 11 is 16.5. The van der Waals surface area contributed by atoms with E-state index in [2.05, 4.69) is 357 Å². The van der Waals surface area contributed by atoms with Gasteiger partial charge in [0.1, 0.15) is 72.8 Å². The minimum absolute atomic E-state index is 0. The molecule has 0 spiro atoms. The standard InChI is InChI=1S/C10H14N2.C10H17NOS.C10H17NS.C9H14N2O.C9H12N2.C9H15NS.C8H13ClN2.C8H14N2.C7H11BrN2.C7H11ClN2.CH4/c1-6-8-7(2)11-9(12-8)10(3,4)5;1-10(2,3)8-6-7-9(11-8)13(4,5)12;1-10(2,3)8-6-7-9(11-8)12(4)5;1-6(12)7-5-10-8(11-7)9(2,3)4;1-5-7-6-10-8(11-7)9(2,3)4;1-9(2,3)7-5-6-8(10-7)11-4;1-5-6(9)11-7(10-5)8(2,3)4;1-6-5-9-7(10-6)8(2,3)4;2*1-7(2,3)6-9-4-5(8)10-6;/h1H,2-5H3,(H,11,12);6H,4,7H2,1-3,5H3;6H,4,7H2,1-3,5H3;5H,1-4H3,(H,10,11);1,6H,2-4H3,(H,10,11);5H,6H2,1-4H3;1-4H3,(H,10,11);5H,1-4H3,(H,9,10);2*4H,1-3H3,(H,9,10);1H4. The molecule has 3 aliphatic rings.